The van der Waals surface area contributed by atoms with E-state index in [1.165, 1.54) is 25.7 Å². The van der Waals surface area contributed by atoms with Gasteiger partial charge in [-0.05, 0) is 42.2 Å². The van der Waals surface area contributed by atoms with Crippen LogP contribution in [-0.2, 0) is 6.54 Å². The average molecular weight is 270 g/mol. The third-order valence-corrected chi connectivity index (χ3v) is 4.54. The molecule has 0 amide bonds. The molecule has 1 aliphatic carbocycles. The standard InChI is InChI=1S/C17H22N2O/c1-12-5-4-6-13(9-12)11-19-16(18)10-14-7-2-3-8-15(14)17(19)20/h2-3,7-8,10,12-13H,4-6,9,11,18H2,1H3. The summed E-state index contributed by atoms with van der Waals surface area (Å²) in [5.41, 5.74) is 6.16. The maximum atomic E-state index is 12.6. The van der Waals surface area contributed by atoms with E-state index in [0.717, 1.165) is 23.2 Å². The smallest absolute Gasteiger partial charge is 0.259 e. The molecule has 0 spiro atoms. The zero-order chi connectivity index (χ0) is 14.1. The average Bonchev–Trinajstić information content (AvgIpc) is 2.43. The SMILES string of the molecule is CC1CCCC(Cn2c(N)cc3ccccc3c2=O)C1. The van der Waals surface area contributed by atoms with Gasteiger partial charge in [0.2, 0.25) is 0 Å². The highest BCUT2D eigenvalue weighted by atomic mass is 16.1. The number of nitrogen functional groups attached to an aromatic ring is 1. The van der Waals surface area contributed by atoms with Gasteiger partial charge in [-0.15, -0.1) is 0 Å². The monoisotopic (exact) mass is 270 g/mol. The minimum atomic E-state index is 0.0545. The van der Waals surface area contributed by atoms with Crippen LogP contribution in [0.1, 0.15) is 32.6 Å². The molecule has 0 aliphatic heterocycles. The van der Waals surface area contributed by atoms with Gasteiger partial charge in [-0.25, -0.2) is 0 Å². The number of rotatable bonds is 2. The van der Waals surface area contributed by atoms with Gasteiger partial charge in [-0.3, -0.25) is 9.36 Å². The molecule has 1 fully saturated rings. The Kier molecular flexibility index (Phi) is 3.51. The number of anilines is 1. The third-order valence-electron chi connectivity index (χ3n) is 4.54. The molecule has 1 aromatic heterocycles. The molecule has 1 aliphatic rings. The van der Waals surface area contributed by atoms with Crippen molar-refractivity contribution in [2.24, 2.45) is 11.8 Å². The van der Waals surface area contributed by atoms with Crippen LogP contribution in [0.2, 0.25) is 0 Å². The summed E-state index contributed by atoms with van der Waals surface area (Å²) < 4.78 is 1.77. The fraction of sp³-hybridized carbons (Fsp3) is 0.471. The van der Waals surface area contributed by atoms with E-state index in [1.807, 2.05) is 30.3 Å². The Labute approximate surface area is 119 Å². The lowest BCUT2D eigenvalue weighted by atomic mass is 9.82. The number of nitrogens with two attached hydrogens (primary N) is 1. The van der Waals surface area contributed by atoms with Crippen molar-refractivity contribution in [3.63, 3.8) is 0 Å². The normalized spacial score (nSPS) is 23.1. The zero-order valence-electron chi connectivity index (χ0n) is 12.0. The van der Waals surface area contributed by atoms with Gasteiger partial charge in [-0.1, -0.05) is 38.0 Å². The van der Waals surface area contributed by atoms with E-state index < -0.39 is 0 Å². The molecule has 0 radical (unpaired) electrons. The lowest BCUT2D eigenvalue weighted by Gasteiger charge is -2.27. The first-order valence-electron chi connectivity index (χ1n) is 7.53. The third kappa shape index (κ3) is 2.45. The van der Waals surface area contributed by atoms with E-state index >= 15 is 0 Å². The van der Waals surface area contributed by atoms with Gasteiger partial charge >= 0.3 is 0 Å². The number of fused-ring (bicyclic) bond motifs is 1. The Hall–Kier alpha value is -1.77. The second kappa shape index (κ2) is 5.31. The molecule has 2 atom stereocenters. The molecule has 2 aromatic rings. The second-order valence-corrected chi connectivity index (χ2v) is 6.21. The maximum absolute atomic E-state index is 12.6. The van der Waals surface area contributed by atoms with Gasteiger partial charge in [0, 0.05) is 11.9 Å². The highest BCUT2D eigenvalue weighted by Crippen LogP contribution is 2.30. The number of nitrogens with zero attached hydrogens (tertiary/aromatic N) is 1. The van der Waals surface area contributed by atoms with E-state index in [4.69, 9.17) is 5.73 Å². The molecule has 3 rings (SSSR count). The molecule has 0 saturated heterocycles. The molecule has 2 N–H and O–H groups in total. The molecule has 1 heterocycles. The van der Waals surface area contributed by atoms with E-state index in [2.05, 4.69) is 6.92 Å². The van der Waals surface area contributed by atoms with Crippen LogP contribution in [0.15, 0.2) is 35.1 Å². The number of aromatic nitrogens is 1. The summed E-state index contributed by atoms with van der Waals surface area (Å²) in [5, 5.41) is 1.70. The van der Waals surface area contributed by atoms with Crippen molar-refractivity contribution in [3.05, 3.63) is 40.7 Å². The Bertz CT molecular complexity index is 674. The highest BCUT2D eigenvalue weighted by molar-refractivity contribution is 5.83. The van der Waals surface area contributed by atoms with Crippen molar-refractivity contribution in [1.82, 2.24) is 4.57 Å². The van der Waals surface area contributed by atoms with Crippen LogP contribution in [0, 0.1) is 11.8 Å². The van der Waals surface area contributed by atoms with Crippen LogP contribution in [0.5, 0.6) is 0 Å². The molecule has 2 unspecified atom stereocenters. The lowest BCUT2D eigenvalue weighted by Crippen LogP contribution is -2.28. The number of hydrogen-bond donors (Lipinski definition) is 1. The summed E-state index contributed by atoms with van der Waals surface area (Å²) in [7, 11) is 0. The predicted octanol–water partition coefficient (Wildman–Crippen LogP) is 3.41. The van der Waals surface area contributed by atoms with Gasteiger partial charge in [0.05, 0.1) is 0 Å². The van der Waals surface area contributed by atoms with Crippen LogP contribution in [0.25, 0.3) is 10.8 Å². The highest BCUT2D eigenvalue weighted by Gasteiger charge is 2.20. The van der Waals surface area contributed by atoms with Crippen LogP contribution in [0.3, 0.4) is 0 Å². The summed E-state index contributed by atoms with van der Waals surface area (Å²) in [6.07, 6.45) is 5.01. The second-order valence-electron chi connectivity index (χ2n) is 6.21. The Morgan fingerprint density at radius 3 is 2.90 bits per heavy atom. The van der Waals surface area contributed by atoms with E-state index in [9.17, 15) is 4.79 Å². The summed E-state index contributed by atoms with van der Waals surface area (Å²) in [6, 6.07) is 9.60. The van der Waals surface area contributed by atoms with Crippen molar-refractivity contribution >= 4 is 16.6 Å². The van der Waals surface area contributed by atoms with Crippen LogP contribution < -0.4 is 11.3 Å². The summed E-state index contributed by atoms with van der Waals surface area (Å²) >= 11 is 0. The van der Waals surface area contributed by atoms with Gasteiger partial charge in [0.25, 0.3) is 5.56 Å². The maximum Gasteiger partial charge on any atom is 0.259 e. The van der Waals surface area contributed by atoms with Crippen molar-refractivity contribution in [2.45, 2.75) is 39.2 Å². The van der Waals surface area contributed by atoms with Gasteiger partial charge in [0.1, 0.15) is 5.82 Å². The molecule has 0 bridgehead atoms. The number of benzene rings is 1. The molecule has 3 nitrogen and oxygen atoms in total. The first kappa shape index (κ1) is 13.2. The van der Waals surface area contributed by atoms with Crippen LogP contribution in [0.4, 0.5) is 5.82 Å². The van der Waals surface area contributed by atoms with E-state index in [-0.39, 0.29) is 5.56 Å². The molecule has 3 heteroatoms. The first-order chi connectivity index (χ1) is 9.65. The number of pyridine rings is 1. The van der Waals surface area contributed by atoms with Crippen LogP contribution >= 0.6 is 0 Å². The topological polar surface area (TPSA) is 48.0 Å². The summed E-state index contributed by atoms with van der Waals surface area (Å²) in [6.45, 7) is 3.07. The van der Waals surface area contributed by atoms with Crippen molar-refractivity contribution in [1.29, 1.82) is 0 Å². The molecule has 20 heavy (non-hydrogen) atoms. The minimum Gasteiger partial charge on any atom is -0.385 e. The minimum absolute atomic E-state index is 0.0545. The van der Waals surface area contributed by atoms with Crippen LogP contribution in [-0.4, -0.2) is 4.57 Å². The Morgan fingerprint density at radius 1 is 1.30 bits per heavy atom. The largest absolute Gasteiger partial charge is 0.385 e. The molecule has 106 valence electrons. The fourth-order valence-corrected chi connectivity index (χ4v) is 3.49. The van der Waals surface area contributed by atoms with Gasteiger partial charge < -0.3 is 5.73 Å². The fourth-order valence-electron chi connectivity index (χ4n) is 3.49. The van der Waals surface area contributed by atoms with E-state index in [0.29, 0.717) is 11.7 Å². The molecule has 1 saturated carbocycles. The first-order valence-corrected chi connectivity index (χ1v) is 7.53. The predicted molar refractivity (Wildman–Crippen MR) is 83.7 cm³/mol. The van der Waals surface area contributed by atoms with E-state index in [1.54, 1.807) is 4.57 Å². The summed E-state index contributed by atoms with van der Waals surface area (Å²) in [4.78, 5) is 12.6. The van der Waals surface area contributed by atoms with Crippen molar-refractivity contribution in [2.75, 3.05) is 5.73 Å². The molecular formula is C17H22N2O. The molecular weight excluding hydrogens is 248 g/mol. The van der Waals surface area contributed by atoms with Gasteiger partial charge in [-0.2, -0.15) is 0 Å². The number of hydrogen-bond acceptors (Lipinski definition) is 2. The van der Waals surface area contributed by atoms with Crippen molar-refractivity contribution in [3.8, 4) is 0 Å². The quantitative estimate of drug-likeness (QED) is 0.909. The Morgan fingerprint density at radius 2 is 2.10 bits per heavy atom. The summed E-state index contributed by atoms with van der Waals surface area (Å²) in [5.74, 6) is 1.94. The van der Waals surface area contributed by atoms with Crippen molar-refractivity contribution < 1.29 is 0 Å². The Balaban J connectivity index is 1.97. The molecule has 1 aromatic carbocycles. The van der Waals surface area contributed by atoms with Gasteiger partial charge in [0.15, 0.2) is 0 Å². The lowest BCUT2D eigenvalue weighted by molar-refractivity contribution is 0.256. The zero-order valence-corrected chi connectivity index (χ0v) is 12.0.